The van der Waals surface area contributed by atoms with Crippen molar-refractivity contribution in [2.45, 2.75) is 18.2 Å². The predicted molar refractivity (Wildman–Crippen MR) is 144 cm³/mol. The molecule has 35 heavy (non-hydrogen) atoms. The Morgan fingerprint density at radius 2 is 1.83 bits per heavy atom. The quantitative estimate of drug-likeness (QED) is 0.380. The number of morpholine rings is 1. The molecule has 2 heterocycles. The van der Waals surface area contributed by atoms with Crippen LogP contribution < -0.4 is 4.90 Å². The van der Waals surface area contributed by atoms with Gasteiger partial charge in [0.25, 0.3) is 0 Å². The summed E-state index contributed by atoms with van der Waals surface area (Å²) in [7, 11) is -3.84. The SMILES string of the molecule is Cc1cc(Cl)cc2sc(N(CCCN3CCOCC3)C(=O)CS(=O)(=O)c3ccc(Cl)cc3)nc12.Cl. The van der Waals surface area contributed by atoms with Gasteiger partial charge in [-0.15, -0.1) is 12.4 Å². The lowest BCUT2D eigenvalue weighted by Gasteiger charge is -2.27. The molecule has 0 spiro atoms. The number of ether oxygens (including phenoxy) is 1. The fourth-order valence-electron chi connectivity index (χ4n) is 3.83. The van der Waals surface area contributed by atoms with E-state index in [4.69, 9.17) is 27.9 Å². The van der Waals surface area contributed by atoms with Gasteiger partial charge in [-0.2, -0.15) is 0 Å². The van der Waals surface area contributed by atoms with E-state index in [1.165, 1.54) is 40.5 Å². The highest BCUT2D eigenvalue weighted by Crippen LogP contribution is 2.33. The summed E-state index contributed by atoms with van der Waals surface area (Å²) in [6.07, 6.45) is 0.683. The Morgan fingerprint density at radius 3 is 2.51 bits per heavy atom. The van der Waals surface area contributed by atoms with Crippen LogP contribution in [0.2, 0.25) is 10.0 Å². The molecule has 1 aliphatic rings. The fourth-order valence-corrected chi connectivity index (χ4v) is 6.62. The van der Waals surface area contributed by atoms with E-state index < -0.39 is 21.5 Å². The van der Waals surface area contributed by atoms with Gasteiger partial charge in [0.15, 0.2) is 15.0 Å². The number of halogens is 3. The number of thiazole rings is 1. The highest BCUT2D eigenvalue weighted by Gasteiger charge is 2.27. The first kappa shape index (κ1) is 28.1. The largest absolute Gasteiger partial charge is 0.379 e. The van der Waals surface area contributed by atoms with Crippen LogP contribution in [0.15, 0.2) is 41.3 Å². The number of anilines is 1. The van der Waals surface area contributed by atoms with E-state index in [1.807, 2.05) is 19.1 Å². The van der Waals surface area contributed by atoms with Gasteiger partial charge in [0.1, 0.15) is 5.75 Å². The molecule has 12 heteroatoms. The summed E-state index contributed by atoms with van der Waals surface area (Å²) in [5.41, 5.74) is 1.66. The molecule has 1 aromatic heterocycles. The van der Waals surface area contributed by atoms with Gasteiger partial charge in [0.05, 0.1) is 28.3 Å². The molecule has 0 radical (unpaired) electrons. The number of hydrogen-bond acceptors (Lipinski definition) is 7. The molecule has 1 aliphatic heterocycles. The van der Waals surface area contributed by atoms with Crippen molar-refractivity contribution in [2.24, 2.45) is 0 Å². The number of fused-ring (bicyclic) bond motifs is 1. The summed E-state index contributed by atoms with van der Waals surface area (Å²) < 4.78 is 32.1. The lowest BCUT2D eigenvalue weighted by Crippen LogP contribution is -2.40. The van der Waals surface area contributed by atoms with Crippen LogP contribution in [0.1, 0.15) is 12.0 Å². The zero-order valence-corrected chi connectivity index (χ0v) is 23.0. The number of rotatable bonds is 8. The minimum absolute atomic E-state index is 0. The van der Waals surface area contributed by atoms with E-state index in [-0.39, 0.29) is 17.3 Å². The minimum Gasteiger partial charge on any atom is -0.379 e. The number of benzene rings is 2. The number of sulfone groups is 1. The summed E-state index contributed by atoms with van der Waals surface area (Å²) in [6.45, 7) is 6.13. The average Bonchev–Trinajstić information content (AvgIpc) is 3.21. The van der Waals surface area contributed by atoms with Crippen LogP contribution in [0.5, 0.6) is 0 Å². The van der Waals surface area contributed by atoms with Crippen molar-refractivity contribution < 1.29 is 17.9 Å². The highest BCUT2D eigenvalue weighted by atomic mass is 35.5. The third-order valence-corrected chi connectivity index (χ3v) is 8.73. The first-order chi connectivity index (χ1) is 16.2. The van der Waals surface area contributed by atoms with Gasteiger partial charge in [-0.1, -0.05) is 34.5 Å². The molecule has 0 atom stereocenters. The monoisotopic (exact) mass is 577 g/mol. The minimum atomic E-state index is -3.84. The standard InChI is InChI=1S/C23H25Cl2N3O4S2.ClH/c1-16-13-18(25)14-20-22(16)26-23(33-20)28(8-2-7-27-9-11-32-12-10-27)21(29)15-34(30,31)19-5-3-17(24)4-6-19;/h3-6,13-14H,2,7-12,15H2,1H3;1H. The second-order valence-electron chi connectivity index (χ2n) is 8.13. The molecule has 3 aromatic rings. The van der Waals surface area contributed by atoms with Crippen molar-refractivity contribution in [3.63, 3.8) is 0 Å². The highest BCUT2D eigenvalue weighted by molar-refractivity contribution is 7.92. The zero-order chi connectivity index (χ0) is 24.3. The van der Waals surface area contributed by atoms with Gasteiger partial charge in [0.2, 0.25) is 5.91 Å². The van der Waals surface area contributed by atoms with Gasteiger partial charge in [-0.25, -0.2) is 13.4 Å². The number of amides is 1. The topological polar surface area (TPSA) is 79.8 Å². The third-order valence-electron chi connectivity index (χ3n) is 5.62. The summed E-state index contributed by atoms with van der Waals surface area (Å²) in [6, 6.07) is 9.46. The summed E-state index contributed by atoms with van der Waals surface area (Å²) in [5.74, 6) is -1.17. The van der Waals surface area contributed by atoms with E-state index in [2.05, 4.69) is 9.88 Å². The number of nitrogens with zero attached hydrogens (tertiary/aromatic N) is 3. The van der Waals surface area contributed by atoms with Crippen molar-refractivity contribution in [1.82, 2.24) is 9.88 Å². The van der Waals surface area contributed by atoms with Gasteiger partial charge >= 0.3 is 0 Å². The lowest BCUT2D eigenvalue weighted by atomic mass is 10.2. The van der Waals surface area contributed by atoms with Gasteiger partial charge in [-0.3, -0.25) is 14.6 Å². The first-order valence-corrected chi connectivity index (χ1v) is 14.1. The smallest absolute Gasteiger partial charge is 0.244 e. The van der Waals surface area contributed by atoms with Crippen LogP contribution in [0.4, 0.5) is 5.13 Å². The normalized spacial score (nSPS) is 14.6. The maximum atomic E-state index is 13.3. The van der Waals surface area contributed by atoms with Crippen molar-refractivity contribution in [2.75, 3.05) is 50.0 Å². The maximum absolute atomic E-state index is 13.3. The molecule has 2 aromatic carbocycles. The molecule has 1 fully saturated rings. The molecule has 0 bridgehead atoms. The third kappa shape index (κ3) is 7.07. The summed E-state index contributed by atoms with van der Waals surface area (Å²) >= 11 is 13.4. The molecule has 0 saturated carbocycles. The molecule has 1 amide bonds. The van der Waals surface area contributed by atoms with Crippen molar-refractivity contribution >= 4 is 78.0 Å². The van der Waals surface area contributed by atoms with Crippen LogP contribution in [-0.2, 0) is 19.4 Å². The second kappa shape index (κ2) is 12.2. The number of hydrogen-bond donors (Lipinski definition) is 0. The molecule has 0 unspecified atom stereocenters. The number of aromatic nitrogens is 1. The van der Waals surface area contributed by atoms with E-state index in [9.17, 15) is 13.2 Å². The van der Waals surface area contributed by atoms with Crippen LogP contribution >= 0.6 is 46.9 Å². The molecule has 0 N–H and O–H groups in total. The molecule has 0 aliphatic carbocycles. The summed E-state index contributed by atoms with van der Waals surface area (Å²) in [4.78, 5) is 21.8. The fraction of sp³-hybridized carbons (Fsp3) is 0.391. The van der Waals surface area contributed by atoms with Gasteiger partial charge < -0.3 is 4.74 Å². The van der Waals surface area contributed by atoms with Crippen molar-refractivity contribution in [1.29, 1.82) is 0 Å². The Bertz CT molecular complexity index is 1280. The summed E-state index contributed by atoms with van der Waals surface area (Å²) in [5, 5.41) is 1.49. The van der Waals surface area contributed by atoms with Crippen LogP contribution in [-0.4, -0.2) is 69.4 Å². The zero-order valence-electron chi connectivity index (χ0n) is 19.1. The Kier molecular flexibility index (Phi) is 9.79. The lowest BCUT2D eigenvalue weighted by molar-refractivity contribution is -0.116. The Labute approximate surface area is 225 Å². The molecule has 190 valence electrons. The predicted octanol–water partition coefficient (Wildman–Crippen LogP) is 4.86. The van der Waals surface area contributed by atoms with Gasteiger partial charge in [0, 0.05) is 36.2 Å². The number of aryl methyl sites for hydroxylation is 1. The molecular formula is C23H26Cl3N3O4S2. The second-order valence-corrected chi connectivity index (χ2v) is 12.0. The van der Waals surface area contributed by atoms with E-state index in [0.29, 0.717) is 41.4 Å². The van der Waals surface area contributed by atoms with E-state index in [1.54, 1.807) is 0 Å². The Balaban J connectivity index is 0.00000342. The first-order valence-electron chi connectivity index (χ1n) is 10.9. The van der Waals surface area contributed by atoms with E-state index >= 15 is 0 Å². The number of carbonyl (C=O) groups is 1. The van der Waals surface area contributed by atoms with Crippen molar-refractivity contribution in [3.05, 3.63) is 52.0 Å². The molecule has 4 rings (SSSR count). The van der Waals surface area contributed by atoms with Crippen LogP contribution in [0.25, 0.3) is 10.2 Å². The average molecular weight is 579 g/mol. The maximum Gasteiger partial charge on any atom is 0.244 e. The Morgan fingerprint density at radius 1 is 1.14 bits per heavy atom. The molecule has 7 nitrogen and oxygen atoms in total. The number of carbonyl (C=O) groups excluding carboxylic acids is 1. The van der Waals surface area contributed by atoms with Crippen LogP contribution in [0.3, 0.4) is 0 Å². The van der Waals surface area contributed by atoms with Gasteiger partial charge in [-0.05, 0) is 55.3 Å². The van der Waals surface area contributed by atoms with Crippen molar-refractivity contribution in [3.8, 4) is 0 Å². The molecular weight excluding hydrogens is 553 g/mol. The van der Waals surface area contributed by atoms with Crippen LogP contribution in [0, 0.1) is 6.92 Å². The molecule has 1 saturated heterocycles. The van der Waals surface area contributed by atoms with E-state index in [0.717, 1.165) is 35.4 Å². The Hall–Kier alpha value is -1.46.